The molecule has 25 heavy (non-hydrogen) atoms. The van der Waals surface area contributed by atoms with Gasteiger partial charge in [-0.15, -0.1) is 24.0 Å². The lowest BCUT2D eigenvalue weighted by atomic mass is 10.0. The van der Waals surface area contributed by atoms with Crippen LogP contribution in [0.5, 0.6) is 0 Å². The van der Waals surface area contributed by atoms with E-state index in [0.29, 0.717) is 31.6 Å². The van der Waals surface area contributed by atoms with E-state index < -0.39 is 0 Å². The van der Waals surface area contributed by atoms with Crippen LogP contribution in [0.1, 0.15) is 47.0 Å². The van der Waals surface area contributed by atoms with E-state index in [9.17, 15) is 4.79 Å². The summed E-state index contributed by atoms with van der Waals surface area (Å²) < 4.78 is 10.7. The number of nitrogens with zero attached hydrogens (tertiary/aromatic N) is 1. The van der Waals surface area contributed by atoms with E-state index in [0.717, 1.165) is 25.9 Å². The van der Waals surface area contributed by atoms with Crippen molar-refractivity contribution in [1.29, 1.82) is 0 Å². The summed E-state index contributed by atoms with van der Waals surface area (Å²) in [6.45, 7) is 10.7. The van der Waals surface area contributed by atoms with Gasteiger partial charge < -0.3 is 25.4 Å². The standard InChI is InChI=1S/C17H34N4O3.HI/c1-6-23-16(22)21-14(10-13(2)3)11-19-15(18-5)20-12-17(4)8-7-9-24-17;/h13-14H,6-12H2,1-5H3,(H,21,22)(H2,18,19,20);1H. The van der Waals surface area contributed by atoms with Crippen molar-refractivity contribution in [1.82, 2.24) is 16.0 Å². The zero-order valence-electron chi connectivity index (χ0n) is 16.2. The Morgan fingerprint density at radius 2 is 2.08 bits per heavy atom. The summed E-state index contributed by atoms with van der Waals surface area (Å²) in [6.07, 6.45) is 2.64. The maximum atomic E-state index is 11.7. The van der Waals surface area contributed by atoms with Crippen molar-refractivity contribution in [3.05, 3.63) is 0 Å². The van der Waals surface area contributed by atoms with Gasteiger partial charge in [0.1, 0.15) is 0 Å². The van der Waals surface area contributed by atoms with Gasteiger partial charge in [0.2, 0.25) is 0 Å². The zero-order chi connectivity index (χ0) is 18.0. The summed E-state index contributed by atoms with van der Waals surface area (Å²) in [6, 6.07) is -0.0130. The van der Waals surface area contributed by atoms with Gasteiger partial charge >= 0.3 is 6.09 Å². The molecular formula is C17H35IN4O3. The van der Waals surface area contributed by atoms with Crippen LogP contribution in [0.15, 0.2) is 4.99 Å². The highest BCUT2D eigenvalue weighted by molar-refractivity contribution is 14.0. The Hall–Kier alpha value is -0.770. The van der Waals surface area contributed by atoms with Gasteiger partial charge in [0.15, 0.2) is 5.96 Å². The molecule has 0 aromatic rings. The number of nitrogens with one attached hydrogen (secondary N) is 3. The van der Waals surface area contributed by atoms with Crippen molar-refractivity contribution >= 4 is 36.0 Å². The highest BCUT2D eigenvalue weighted by Crippen LogP contribution is 2.23. The molecule has 1 rings (SSSR count). The minimum atomic E-state index is -0.375. The Morgan fingerprint density at radius 1 is 1.36 bits per heavy atom. The average molecular weight is 470 g/mol. The van der Waals surface area contributed by atoms with Gasteiger partial charge in [-0.05, 0) is 39.0 Å². The van der Waals surface area contributed by atoms with Crippen LogP contribution in [0.4, 0.5) is 4.79 Å². The summed E-state index contributed by atoms with van der Waals surface area (Å²) in [5.41, 5.74) is -0.127. The van der Waals surface area contributed by atoms with Crippen molar-refractivity contribution in [3.63, 3.8) is 0 Å². The molecule has 0 aromatic heterocycles. The van der Waals surface area contributed by atoms with E-state index in [2.05, 4.69) is 41.7 Å². The molecule has 1 saturated heterocycles. The van der Waals surface area contributed by atoms with Gasteiger partial charge in [-0.2, -0.15) is 0 Å². The normalized spacial score (nSPS) is 21.4. The number of carbonyl (C=O) groups is 1. The van der Waals surface area contributed by atoms with Crippen molar-refractivity contribution < 1.29 is 14.3 Å². The lowest BCUT2D eigenvalue weighted by Gasteiger charge is -2.26. The number of halogens is 1. The van der Waals surface area contributed by atoms with Gasteiger partial charge in [0.25, 0.3) is 0 Å². The molecule has 1 aliphatic rings. The number of aliphatic imine (C=N–C) groups is 1. The summed E-state index contributed by atoms with van der Waals surface area (Å²) in [5.74, 6) is 1.19. The molecule has 1 aliphatic heterocycles. The van der Waals surface area contributed by atoms with Crippen LogP contribution in [0.25, 0.3) is 0 Å². The Bertz CT molecular complexity index is 413. The van der Waals surface area contributed by atoms with Crippen LogP contribution in [-0.2, 0) is 9.47 Å². The van der Waals surface area contributed by atoms with Crippen molar-refractivity contribution in [2.24, 2.45) is 10.9 Å². The maximum Gasteiger partial charge on any atom is 0.407 e. The quantitative estimate of drug-likeness (QED) is 0.289. The van der Waals surface area contributed by atoms with E-state index >= 15 is 0 Å². The highest BCUT2D eigenvalue weighted by atomic mass is 127. The Kier molecular flexibility index (Phi) is 12.2. The van der Waals surface area contributed by atoms with Crippen LogP contribution in [-0.4, -0.2) is 57.0 Å². The second-order valence-corrected chi connectivity index (χ2v) is 6.90. The predicted octanol–water partition coefficient (Wildman–Crippen LogP) is 2.50. The SMILES string of the molecule is CCOC(=O)NC(CNC(=NC)NCC1(C)CCCO1)CC(C)C.I. The molecule has 1 fully saturated rings. The number of rotatable bonds is 8. The molecule has 0 radical (unpaired) electrons. The van der Waals surface area contributed by atoms with Crippen LogP contribution in [0, 0.1) is 5.92 Å². The van der Waals surface area contributed by atoms with Gasteiger partial charge in [0, 0.05) is 32.8 Å². The first kappa shape index (κ1) is 24.2. The Labute approximate surface area is 169 Å². The van der Waals surface area contributed by atoms with Crippen molar-refractivity contribution in [2.45, 2.75) is 58.6 Å². The third-order valence-corrected chi connectivity index (χ3v) is 4.02. The smallest absolute Gasteiger partial charge is 0.407 e. The first-order chi connectivity index (χ1) is 11.4. The summed E-state index contributed by atoms with van der Waals surface area (Å²) in [5, 5.41) is 9.49. The van der Waals surface area contributed by atoms with Crippen molar-refractivity contribution in [2.75, 3.05) is 33.4 Å². The van der Waals surface area contributed by atoms with E-state index in [-0.39, 0.29) is 41.7 Å². The van der Waals surface area contributed by atoms with Crippen LogP contribution < -0.4 is 16.0 Å². The number of hydrogen-bond donors (Lipinski definition) is 3. The number of carbonyl (C=O) groups excluding carboxylic acids is 1. The number of hydrogen-bond acceptors (Lipinski definition) is 4. The molecule has 1 amide bonds. The lowest BCUT2D eigenvalue weighted by Crippen LogP contribution is -2.50. The largest absolute Gasteiger partial charge is 0.450 e. The molecule has 0 spiro atoms. The van der Waals surface area contributed by atoms with Gasteiger partial charge in [-0.3, -0.25) is 4.99 Å². The van der Waals surface area contributed by atoms with Gasteiger partial charge in [-0.25, -0.2) is 4.79 Å². The minimum absolute atomic E-state index is 0. The van der Waals surface area contributed by atoms with E-state index in [1.165, 1.54) is 0 Å². The fraction of sp³-hybridized carbons (Fsp3) is 0.882. The summed E-state index contributed by atoms with van der Waals surface area (Å²) in [4.78, 5) is 15.9. The molecule has 2 unspecified atom stereocenters. The summed E-state index contributed by atoms with van der Waals surface area (Å²) in [7, 11) is 1.74. The minimum Gasteiger partial charge on any atom is -0.450 e. The highest BCUT2D eigenvalue weighted by Gasteiger charge is 2.29. The molecule has 0 aromatic carbocycles. The van der Waals surface area contributed by atoms with Gasteiger partial charge in [-0.1, -0.05) is 13.8 Å². The molecular weight excluding hydrogens is 435 g/mol. The molecule has 0 saturated carbocycles. The molecule has 148 valence electrons. The fourth-order valence-corrected chi connectivity index (χ4v) is 2.79. The molecule has 0 bridgehead atoms. The molecule has 2 atom stereocenters. The average Bonchev–Trinajstić information content (AvgIpc) is 2.94. The molecule has 8 heteroatoms. The van der Waals surface area contributed by atoms with E-state index in [1.54, 1.807) is 14.0 Å². The maximum absolute atomic E-state index is 11.7. The molecule has 7 nitrogen and oxygen atoms in total. The van der Waals surface area contributed by atoms with Crippen LogP contribution in [0.2, 0.25) is 0 Å². The van der Waals surface area contributed by atoms with Crippen LogP contribution in [0.3, 0.4) is 0 Å². The summed E-state index contributed by atoms with van der Waals surface area (Å²) >= 11 is 0. The molecule has 3 N–H and O–H groups in total. The van der Waals surface area contributed by atoms with E-state index in [4.69, 9.17) is 9.47 Å². The third-order valence-electron chi connectivity index (χ3n) is 4.02. The Morgan fingerprint density at radius 3 is 2.60 bits per heavy atom. The molecule has 1 heterocycles. The second-order valence-electron chi connectivity index (χ2n) is 6.90. The second kappa shape index (κ2) is 12.6. The topological polar surface area (TPSA) is 84.0 Å². The first-order valence-electron chi connectivity index (χ1n) is 8.90. The van der Waals surface area contributed by atoms with Crippen molar-refractivity contribution in [3.8, 4) is 0 Å². The monoisotopic (exact) mass is 470 g/mol. The fourth-order valence-electron chi connectivity index (χ4n) is 2.79. The zero-order valence-corrected chi connectivity index (χ0v) is 18.5. The van der Waals surface area contributed by atoms with Crippen LogP contribution >= 0.6 is 24.0 Å². The number of amides is 1. The number of guanidine groups is 1. The number of ether oxygens (including phenoxy) is 2. The first-order valence-corrected chi connectivity index (χ1v) is 8.90. The van der Waals surface area contributed by atoms with Gasteiger partial charge in [0.05, 0.1) is 12.2 Å². The molecule has 0 aliphatic carbocycles. The number of alkyl carbamates (subject to hydrolysis) is 1. The Balaban J connectivity index is 0.00000576. The lowest BCUT2D eigenvalue weighted by molar-refractivity contribution is 0.0243. The van der Waals surface area contributed by atoms with E-state index in [1.807, 2.05) is 0 Å². The predicted molar refractivity (Wildman–Crippen MR) is 112 cm³/mol. The third kappa shape index (κ3) is 10.1.